The lowest BCUT2D eigenvalue weighted by Gasteiger charge is -2.47. The van der Waals surface area contributed by atoms with Crippen LogP contribution in [0.15, 0.2) is 29.1 Å². The molecule has 2 aromatic heterocycles. The summed E-state index contributed by atoms with van der Waals surface area (Å²) in [5.74, 6) is 2.33. The van der Waals surface area contributed by atoms with Gasteiger partial charge < -0.3 is 23.8 Å². The molecule has 5 rings (SSSR count). The average molecular weight is 518 g/mol. The number of hydrogen-bond donors (Lipinski definition) is 0. The van der Waals surface area contributed by atoms with E-state index >= 15 is 4.39 Å². The molecule has 196 valence electrons. The molecule has 1 saturated heterocycles. The van der Waals surface area contributed by atoms with Crippen molar-refractivity contribution < 1.29 is 23.3 Å². The minimum absolute atomic E-state index is 0.0964. The van der Waals surface area contributed by atoms with E-state index < -0.39 is 23.1 Å². The summed E-state index contributed by atoms with van der Waals surface area (Å²) in [6, 6.07) is 6.76. The van der Waals surface area contributed by atoms with E-state index in [2.05, 4.69) is 10.1 Å². The van der Waals surface area contributed by atoms with Crippen LogP contribution in [0.3, 0.4) is 0 Å². The van der Waals surface area contributed by atoms with E-state index in [1.165, 1.54) is 10.6 Å². The summed E-state index contributed by atoms with van der Waals surface area (Å²) >= 11 is 0. The monoisotopic (exact) mass is 518 g/mol. The van der Waals surface area contributed by atoms with Gasteiger partial charge in [-0.25, -0.2) is 9.37 Å². The van der Waals surface area contributed by atoms with Gasteiger partial charge in [0.15, 0.2) is 29.1 Å². The van der Waals surface area contributed by atoms with Crippen LogP contribution in [0.1, 0.15) is 23.2 Å². The van der Waals surface area contributed by atoms with E-state index in [9.17, 15) is 4.79 Å². The van der Waals surface area contributed by atoms with Crippen molar-refractivity contribution in [2.24, 2.45) is 0 Å². The van der Waals surface area contributed by atoms with Crippen molar-refractivity contribution in [3.05, 3.63) is 51.4 Å². The Bertz CT molecular complexity index is 1450. The van der Waals surface area contributed by atoms with Crippen molar-refractivity contribution in [3.63, 3.8) is 0 Å². The predicted molar refractivity (Wildman–Crippen MR) is 153 cm³/mol. The molecule has 2 atom stereocenters. The minimum atomic E-state index is -1.26. The number of benzene rings is 1. The number of piperidine rings is 1. The molecule has 0 spiro atoms. The molecule has 14 heteroatoms. The molecule has 4 heterocycles. The standard InChI is InChI=1S/C24H31B4FN4O5/c1-12-13(2)22(31-33-20(34)8-14(11-35-3)30-21(12)33)32-7-6-17(16(29)10-32)36-15-4-5-18-19(9-15)38-24(27,28)23(25,26)37-18/h4-5,8-9,16-17H,6-7,10-11,25-28H2,1-3H3/t16-,17+/m1/s1. The Morgan fingerprint density at radius 1 is 1.11 bits per heavy atom. The van der Waals surface area contributed by atoms with Crippen LogP contribution in [0.4, 0.5) is 10.2 Å². The maximum absolute atomic E-state index is 15.5. The predicted octanol–water partition coefficient (Wildman–Crippen LogP) is -1.54. The van der Waals surface area contributed by atoms with Gasteiger partial charge in [0, 0.05) is 43.3 Å². The topological polar surface area (TPSA) is 87.4 Å². The Labute approximate surface area is 224 Å². The van der Waals surface area contributed by atoms with E-state index in [1.807, 2.05) is 50.1 Å². The molecule has 38 heavy (non-hydrogen) atoms. The van der Waals surface area contributed by atoms with Gasteiger partial charge in [-0.05, 0) is 26.0 Å². The summed E-state index contributed by atoms with van der Waals surface area (Å²) in [5, 5.41) is 3.52. The van der Waals surface area contributed by atoms with Crippen LogP contribution in [0.25, 0.3) is 5.65 Å². The second kappa shape index (κ2) is 9.55. The molecule has 0 unspecified atom stereocenters. The molecule has 0 radical (unpaired) electrons. The van der Waals surface area contributed by atoms with Crippen LogP contribution >= 0.6 is 0 Å². The Balaban J connectivity index is 1.34. The Kier molecular flexibility index (Phi) is 6.65. The first-order chi connectivity index (χ1) is 17.9. The summed E-state index contributed by atoms with van der Waals surface area (Å²) in [4.78, 5) is 19.2. The largest absolute Gasteiger partial charge is 0.499 e. The second-order valence-electron chi connectivity index (χ2n) is 11.1. The molecular formula is C24H31B4FN4O5. The maximum Gasteiger partial charge on any atom is 0.274 e. The number of ether oxygens (including phenoxy) is 4. The normalized spacial score (nSPS) is 21.8. The quantitative estimate of drug-likeness (QED) is 0.377. The molecular weight excluding hydrogens is 487 g/mol. The van der Waals surface area contributed by atoms with E-state index in [0.29, 0.717) is 47.4 Å². The average Bonchev–Trinajstić information content (AvgIpc) is 2.84. The molecule has 0 N–H and O–H groups in total. The zero-order chi connectivity index (χ0) is 27.4. The minimum Gasteiger partial charge on any atom is -0.499 e. The third kappa shape index (κ3) is 4.63. The summed E-state index contributed by atoms with van der Waals surface area (Å²) in [6.45, 7) is 4.67. The lowest BCUT2D eigenvalue weighted by molar-refractivity contribution is 0.0587. The van der Waals surface area contributed by atoms with Gasteiger partial charge >= 0.3 is 0 Å². The highest BCUT2D eigenvalue weighted by molar-refractivity contribution is 6.53. The van der Waals surface area contributed by atoms with Gasteiger partial charge in [0.2, 0.25) is 0 Å². The summed E-state index contributed by atoms with van der Waals surface area (Å²) in [6.07, 6.45) is -1.43. The summed E-state index contributed by atoms with van der Waals surface area (Å²) in [7, 11) is 9.48. The molecule has 1 aromatic carbocycles. The number of hydrogen-bond acceptors (Lipinski definition) is 8. The fourth-order valence-corrected chi connectivity index (χ4v) is 4.80. The second-order valence-corrected chi connectivity index (χ2v) is 11.1. The SMILES string of the molecule is BC1(B)Oc2ccc(O[C@H]3CCN(c4nn5c(=O)cc(COC)nc5c(C)c4C)C[C@H]3F)cc2OC1(B)B. The number of methoxy groups -OCH3 is 1. The van der Waals surface area contributed by atoms with Crippen LogP contribution in [-0.2, 0) is 11.3 Å². The van der Waals surface area contributed by atoms with Crippen molar-refractivity contribution in [3.8, 4) is 17.2 Å². The summed E-state index contributed by atoms with van der Waals surface area (Å²) < 4.78 is 40.3. The van der Waals surface area contributed by atoms with Crippen LogP contribution in [0.5, 0.6) is 17.2 Å². The molecule has 2 aliphatic heterocycles. The van der Waals surface area contributed by atoms with Crippen molar-refractivity contribution in [2.75, 3.05) is 25.1 Å². The molecule has 9 nitrogen and oxygen atoms in total. The van der Waals surface area contributed by atoms with Gasteiger partial charge in [0.1, 0.15) is 43.2 Å². The Morgan fingerprint density at radius 2 is 1.82 bits per heavy atom. The van der Waals surface area contributed by atoms with Crippen LogP contribution in [-0.4, -0.2) is 89.3 Å². The number of aromatic nitrogens is 3. The Morgan fingerprint density at radius 3 is 2.50 bits per heavy atom. The number of alkyl halides is 1. The van der Waals surface area contributed by atoms with Gasteiger partial charge in [0.05, 0.1) is 29.6 Å². The van der Waals surface area contributed by atoms with E-state index in [0.717, 1.165) is 11.1 Å². The first-order valence-corrected chi connectivity index (χ1v) is 12.9. The highest BCUT2D eigenvalue weighted by Gasteiger charge is 2.44. The summed E-state index contributed by atoms with van der Waals surface area (Å²) in [5.41, 5.74) is 2.40. The number of nitrogens with zero attached hydrogens (tertiary/aromatic N) is 4. The molecule has 0 saturated carbocycles. The molecule has 3 aromatic rings. The number of rotatable bonds is 5. The van der Waals surface area contributed by atoms with Gasteiger partial charge in [0.25, 0.3) is 5.56 Å². The van der Waals surface area contributed by atoms with Crippen molar-refractivity contribution >= 4 is 42.9 Å². The zero-order valence-corrected chi connectivity index (χ0v) is 23.0. The van der Waals surface area contributed by atoms with Crippen LogP contribution in [0, 0.1) is 13.8 Å². The van der Waals surface area contributed by atoms with Gasteiger partial charge in [-0.3, -0.25) is 4.79 Å². The molecule has 0 amide bonds. The van der Waals surface area contributed by atoms with Crippen LogP contribution in [0.2, 0.25) is 0 Å². The van der Waals surface area contributed by atoms with Crippen molar-refractivity contribution in [1.29, 1.82) is 0 Å². The molecule has 1 fully saturated rings. The first kappa shape index (κ1) is 26.5. The van der Waals surface area contributed by atoms with Gasteiger partial charge in [-0.15, -0.1) is 5.10 Å². The number of anilines is 1. The third-order valence-electron chi connectivity index (χ3n) is 7.83. The fraction of sp³-hybridized carbons (Fsp3) is 0.458. The van der Waals surface area contributed by atoms with Crippen molar-refractivity contribution in [1.82, 2.24) is 14.6 Å². The first-order valence-electron chi connectivity index (χ1n) is 12.9. The van der Waals surface area contributed by atoms with E-state index in [4.69, 9.17) is 18.9 Å². The molecule has 0 bridgehead atoms. The zero-order valence-electron chi connectivity index (χ0n) is 23.0. The number of aryl methyl sites for hydroxylation is 1. The third-order valence-corrected chi connectivity index (χ3v) is 7.83. The molecule has 0 aliphatic carbocycles. The lowest BCUT2D eigenvalue weighted by atomic mass is 9.41. The van der Waals surface area contributed by atoms with Gasteiger partial charge in [-0.2, -0.15) is 4.52 Å². The molecule has 2 aliphatic rings. The smallest absolute Gasteiger partial charge is 0.274 e. The Hall–Kier alpha value is -3.14. The number of halogens is 1. The number of fused-ring (bicyclic) bond motifs is 2. The lowest BCUT2D eigenvalue weighted by Crippen LogP contribution is -2.65. The van der Waals surface area contributed by atoms with Gasteiger partial charge in [-0.1, -0.05) is 0 Å². The van der Waals surface area contributed by atoms with Crippen molar-refractivity contribution in [2.45, 2.75) is 50.0 Å². The highest BCUT2D eigenvalue weighted by Crippen LogP contribution is 2.41. The van der Waals surface area contributed by atoms with Crippen LogP contribution < -0.4 is 24.7 Å². The van der Waals surface area contributed by atoms with E-state index in [1.54, 1.807) is 25.3 Å². The maximum atomic E-state index is 15.5. The van der Waals surface area contributed by atoms with E-state index in [-0.39, 0.29) is 18.7 Å². The highest BCUT2D eigenvalue weighted by atomic mass is 19.1. The fourth-order valence-electron chi connectivity index (χ4n) is 4.80.